The normalized spacial score (nSPS) is 10.8. The number of methoxy groups -OCH3 is 1. The fourth-order valence-corrected chi connectivity index (χ4v) is 2.55. The van der Waals surface area contributed by atoms with E-state index in [0.29, 0.717) is 29.4 Å². The highest BCUT2D eigenvalue weighted by Crippen LogP contribution is 2.31. The van der Waals surface area contributed by atoms with E-state index in [1.165, 1.54) is 19.3 Å². The Labute approximate surface area is 161 Å². The lowest BCUT2D eigenvalue weighted by molar-refractivity contribution is -0.389. The summed E-state index contributed by atoms with van der Waals surface area (Å²) < 4.78 is 5.34. The van der Waals surface area contributed by atoms with Gasteiger partial charge in [-0.2, -0.15) is 5.26 Å². The Morgan fingerprint density at radius 2 is 2.18 bits per heavy atom. The van der Waals surface area contributed by atoms with Crippen LogP contribution in [0.3, 0.4) is 0 Å². The molecule has 144 valence electrons. The zero-order valence-corrected chi connectivity index (χ0v) is 15.3. The molecule has 0 aliphatic rings. The summed E-state index contributed by atoms with van der Waals surface area (Å²) in [6.07, 6.45) is 1.98. The van der Waals surface area contributed by atoms with Crippen LogP contribution in [-0.2, 0) is 4.79 Å². The highest BCUT2D eigenvalue weighted by molar-refractivity contribution is 5.97. The first-order valence-electron chi connectivity index (χ1n) is 8.33. The maximum Gasteiger partial charge on any atom is 0.365 e. The highest BCUT2D eigenvalue weighted by atomic mass is 16.6. The van der Waals surface area contributed by atoms with Crippen molar-refractivity contribution in [2.75, 3.05) is 18.6 Å². The molecule has 0 fully saturated rings. The summed E-state index contributed by atoms with van der Waals surface area (Å²) in [6.45, 7) is 2.51. The summed E-state index contributed by atoms with van der Waals surface area (Å²) in [6, 6.07) is 11.2. The molecule has 0 aliphatic heterocycles. The number of anilines is 2. The summed E-state index contributed by atoms with van der Waals surface area (Å²) in [4.78, 5) is 27.4. The number of carboxylic acids is 1. The molecule has 28 heavy (non-hydrogen) atoms. The van der Waals surface area contributed by atoms with Crippen LogP contribution in [-0.4, -0.2) is 34.6 Å². The number of nitro groups is 1. The van der Waals surface area contributed by atoms with Gasteiger partial charge in [0.15, 0.2) is 0 Å². The summed E-state index contributed by atoms with van der Waals surface area (Å²) >= 11 is 0. The second-order valence-electron chi connectivity index (χ2n) is 5.66. The van der Waals surface area contributed by atoms with Crippen molar-refractivity contribution in [2.24, 2.45) is 0 Å². The average molecular weight is 382 g/mol. The van der Waals surface area contributed by atoms with E-state index >= 15 is 0 Å². The molecule has 0 aliphatic carbocycles. The maximum atomic E-state index is 11.1. The molecule has 0 bridgehead atoms. The minimum absolute atomic E-state index is 0.259. The van der Waals surface area contributed by atoms with Crippen LogP contribution in [0, 0.1) is 21.4 Å². The number of carbonyl (C=O) groups is 1. The Hall–Kier alpha value is -3.93. The van der Waals surface area contributed by atoms with E-state index in [4.69, 9.17) is 15.1 Å². The number of ether oxygens (including phenoxy) is 1. The minimum Gasteiger partial charge on any atom is -0.496 e. The van der Waals surface area contributed by atoms with E-state index in [2.05, 4.69) is 4.98 Å². The largest absolute Gasteiger partial charge is 0.496 e. The summed E-state index contributed by atoms with van der Waals surface area (Å²) in [7, 11) is 1.43. The lowest BCUT2D eigenvalue weighted by Crippen LogP contribution is -2.19. The van der Waals surface area contributed by atoms with Gasteiger partial charge in [-0.3, -0.25) is 0 Å². The SMILES string of the molecule is CCCN(c1ccc(/C=C(/C#N)C(=O)O)c(OC)c1)c1cccc([N+](=O)[O-])n1. The van der Waals surface area contributed by atoms with Gasteiger partial charge in [0.2, 0.25) is 5.82 Å². The third-order valence-electron chi connectivity index (χ3n) is 3.81. The lowest BCUT2D eigenvalue weighted by atomic mass is 10.1. The monoisotopic (exact) mass is 382 g/mol. The second-order valence-corrected chi connectivity index (χ2v) is 5.66. The molecule has 0 spiro atoms. The molecular formula is C19H18N4O5. The first-order valence-corrected chi connectivity index (χ1v) is 8.33. The fraction of sp³-hybridized carbons (Fsp3) is 0.211. The van der Waals surface area contributed by atoms with Crippen LogP contribution in [0.25, 0.3) is 6.08 Å². The van der Waals surface area contributed by atoms with E-state index in [-0.39, 0.29) is 5.82 Å². The Balaban J connectivity index is 2.52. The Morgan fingerprint density at radius 1 is 1.43 bits per heavy atom. The van der Waals surface area contributed by atoms with Crippen molar-refractivity contribution in [3.05, 3.63) is 57.6 Å². The van der Waals surface area contributed by atoms with Gasteiger partial charge < -0.3 is 24.9 Å². The lowest BCUT2D eigenvalue weighted by Gasteiger charge is -2.21. The molecular weight excluding hydrogens is 364 g/mol. The first-order chi connectivity index (χ1) is 13.4. The zero-order chi connectivity index (χ0) is 20.7. The Morgan fingerprint density at radius 3 is 2.75 bits per heavy atom. The molecule has 2 aromatic rings. The molecule has 0 radical (unpaired) electrons. The third-order valence-corrected chi connectivity index (χ3v) is 3.81. The predicted molar refractivity (Wildman–Crippen MR) is 102 cm³/mol. The van der Waals surface area contributed by atoms with Crippen LogP contribution in [0.5, 0.6) is 5.75 Å². The molecule has 1 aromatic carbocycles. The van der Waals surface area contributed by atoms with Gasteiger partial charge in [-0.1, -0.05) is 6.92 Å². The molecule has 0 saturated carbocycles. The third kappa shape index (κ3) is 4.62. The molecule has 0 amide bonds. The number of pyridine rings is 1. The van der Waals surface area contributed by atoms with Crippen molar-refractivity contribution in [1.82, 2.24) is 4.98 Å². The van der Waals surface area contributed by atoms with Crippen molar-refractivity contribution >= 4 is 29.4 Å². The van der Waals surface area contributed by atoms with Gasteiger partial charge in [0.1, 0.15) is 17.4 Å². The van der Waals surface area contributed by atoms with E-state index in [1.54, 1.807) is 41.3 Å². The van der Waals surface area contributed by atoms with E-state index in [0.717, 1.165) is 6.42 Å². The number of hydrogen-bond acceptors (Lipinski definition) is 7. The van der Waals surface area contributed by atoms with Crippen LogP contribution in [0.2, 0.25) is 0 Å². The number of rotatable bonds is 8. The van der Waals surface area contributed by atoms with Gasteiger partial charge in [-0.25, -0.2) is 4.79 Å². The van der Waals surface area contributed by atoms with Crippen LogP contribution in [0.1, 0.15) is 18.9 Å². The van der Waals surface area contributed by atoms with Crippen molar-refractivity contribution in [3.8, 4) is 11.8 Å². The van der Waals surface area contributed by atoms with Crippen molar-refractivity contribution in [1.29, 1.82) is 5.26 Å². The first kappa shape index (κ1) is 20.4. The van der Waals surface area contributed by atoms with E-state index in [9.17, 15) is 14.9 Å². The van der Waals surface area contributed by atoms with Crippen LogP contribution >= 0.6 is 0 Å². The number of benzene rings is 1. The van der Waals surface area contributed by atoms with Gasteiger partial charge in [-0.05, 0) is 40.6 Å². The number of aromatic nitrogens is 1. The van der Waals surface area contributed by atoms with E-state index < -0.39 is 16.5 Å². The summed E-state index contributed by atoms with van der Waals surface area (Å²) in [5.41, 5.74) is 0.670. The van der Waals surface area contributed by atoms with Gasteiger partial charge in [-0.15, -0.1) is 0 Å². The Kier molecular flexibility index (Phi) is 6.65. The van der Waals surface area contributed by atoms with Gasteiger partial charge >= 0.3 is 11.8 Å². The minimum atomic E-state index is -1.33. The summed E-state index contributed by atoms with van der Waals surface area (Å²) in [5, 5.41) is 29.0. The van der Waals surface area contributed by atoms with Crippen molar-refractivity contribution in [2.45, 2.75) is 13.3 Å². The molecule has 2 rings (SSSR count). The standard InChI is InChI=1S/C19H18N4O5/c1-3-9-22(17-5-4-6-18(21-17)23(26)27)15-8-7-13(16(11-15)28-2)10-14(12-20)19(24)25/h4-8,10-11H,3,9H2,1-2H3,(H,24,25)/b14-10-. The smallest absolute Gasteiger partial charge is 0.365 e. The number of nitrogens with zero attached hydrogens (tertiary/aromatic N) is 4. The molecule has 0 unspecified atom stereocenters. The van der Waals surface area contributed by atoms with Crippen LogP contribution in [0.15, 0.2) is 42.0 Å². The van der Waals surface area contributed by atoms with Crippen LogP contribution < -0.4 is 9.64 Å². The number of aliphatic carboxylic acids is 1. The Bertz CT molecular complexity index is 965. The molecule has 9 heteroatoms. The molecule has 1 aromatic heterocycles. The fourth-order valence-electron chi connectivity index (χ4n) is 2.55. The predicted octanol–water partition coefficient (Wildman–Crippen LogP) is 3.54. The highest BCUT2D eigenvalue weighted by Gasteiger charge is 2.19. The zero-order valence-electron chi connectivity index (χ0n) is 15.3. The van der Waals surface area contributed by atoms with Gasteiger partial charge in [0, 0.05) is 36.0 Å². The molecule has 9 nitrogen and oxygen atoms in total. The number of hydrogen-bond donors (Lipinski definition) is 1. The number of nitriles is 1. The summed E-state index contributed by atoms with van der Waals surface area (Å²) in [5.74, 6) is -0.824. The maximum absolute atomic E-state index is 11.1. The van der Waals surface area contributed by atoms with E-state index in [1.807, 2.05) is 6.92 Å². The average Bonchev–Trinajstić information content (AvgIpc) is 2.70. The second kappa shape index (κ2) is 9.14. The molecule has 0 atom stereocenters. The van der Waals surface area contributed by atoms with Gasteiger partial charge in [0.25, 0.3) is 0 Å². The van der Waals surface area contributed by atoms with Gasteiger partial charge in [0.05, 0.1) is 7.11 Å². The number of carboxylic acid groups (broad SMARTS) is 1. The molecule has 1 heterocycles. The molecule has 0 saturated heterocycles. The van der Waals surface area contributed by atoms with Crippen molar-refractivity contribution in [3.63, 3.8) is 0 Å². The van der Waals surface area contributed by atoms with Crippen molar-refractivity contribution < 1.29 is 19.6 Å². The topological polar surface area (TPSA) is 130 Å². The quantitative estimate of drug-likeness (QED) is 0.317. The van der Waals surface area contributed by atoms with Crippen LogP contribution in [0.4, 0.5) is 17.3 Å². The molecule has 1 N–H and O–H groups in total.